The fourth-order valence-corrected chi connectivity index (χ4v) is 2.11. The summed E-state index contributed by atoms with van der Waals surface area (Å²) in [6, 6.07) is -0.0464. The van der Waals surface area contributed by atoms with Gasteiger partial charge in [-0.05, 0) is 33.1 Å². The van der Waals surface area contributed by atoms with Crippen molar-refractivity contribution < 1.29 is 5.11 Å². The van der Waals surface area contributed by atoms with Gasteiger partial charge in [0.1, 0.15) is 0 Å². The molecule has 1 heterocycles. The van der Waals surface area contributed by atoms with Crippen LogP contribution in [0.4, 0.5) is 0 Å². The summed E-state index contributed by atoms with van der Waals surface area (Å²) in [5.41, 5.74) is 1.66. The summed E-state index contributed by atoms with van der Waals surface area (Å²) in [5, 5.41) is 12.7. The summed E-state index contributed by atoms with van der Waals surface area (Å²) in [7, 11) is 0. The fraction of sp³-hybridized carbons (Fsp3) is 0.700. The highest BCUT2D eigenvalue weighted by Crippen LogP contribution is 2.28. The van der Waals surface area contributed by atoms with E-state index in [2.05, 4.69) is 5.10 Å². The molecule has 78 valence electrons. The van der Waals surface area contributed by atoms with E-state index >= 15 is 0 Å². The van der Waals surface area contributed by atoms with Gasteiger partial charge in [-0.1, -0.05) is 0 Å². The second kappa shape index (κ2) is 3.28. The molecule has 2 N–H and O–H groups in total. The molecule has 0 radical (unpaired) electrons. The summed E-state index contributed by atoms with van der Waals surface area (Å²) in [5.74, 6) is 0. The van der Waals surface area contributed by atoms with Gasteiger partial charge >= 0.3 is 0 Å². The third-order valence-electron chi connectivity index (χ3n) is 3.17. The van der Waals surface area contributed by atoms with Gasteiger partial charge in [-0.25, -0.2) is 4.68 Å². The van der Waals surface area contributed by atoms with E-state index in [1.54, 1.807) is 4.68 Å². The summed E-state index contributed by atoms with van der Waals surface area (Å²) >= 11 is 0. The molecular weight excluding hydrogens is 180 g/mol. The molecule has 1 aliphatic carbocycles. The Kier molecular flexibility index (Phi) is 2.23. The van der Waals surface area contributed by atoms with Crippen LogP contribution in [-0.4, -0.2) is 21.0 Å². The minimum atomic E-state index is -0.370. The second-order valence-electron chi connectivity index (χ2n) is 4.10. The van der Waals surface area contributed by atoms with Crippen LogP contribution in [0.3, 0.4) is 0 Å². The summed E-state index contributed by atoms with van der Waals surface area (Å²) < 4.78 is 1.59. The van der Waals surface area contributed by atoms with Gasteiger partial charge in [0.2, 0.25) is 0 Å². The molecule has 1 aromatic heterocycles. The normalized spacial score (nSPS) is 27.1. The Labute approximate surface area is 82.5 Å². The van der Waals surface area contributed by atoms with Crippen LogP contribution in [0, 0.1) is 13.8 Å². The van der Waals surface area contributed by atoms with Crippen LogP contribution in [0.25, 0.3) is 0 Å². The highest BCUT2D eigenvalue weighted by molar-refractivity contribution is 5.13. The molecule has 0 aromatic carbocycles. The van der Waals surface area contributed by atoms with Gasteiger partial charge < -0.3 is 5.11 Å². The van der Waals surface area contributed by atoms with Gasteiger partial charge in [-0.15, -0.1) is 0 Å². The average Bonchev–Trinajstić information content (AvgIpc) is 2.66. The Morgan fingerprint density at radius 1 is 1.43 bits per heavy atom. The molecule has 0 spiro atoms. The van der Waals surface area contributed by atoms with E-state index in [4.69, 9.17) is 0 Å². The maximum Gasteiger partial charge on any atom is 0.269 e. The van der Waals surface area contributed by atoms with Gasteiger partial charge in [0.25, 0.3) is 5.56 Å². The maximum atomic E-state index is 11.7. The van der Waals surface area contributed by atoms with Gasteiger partial charge in [0.15, 0.2) is 0 Å². The molecule has 4 heteroatoms. The number of hydrogen-bond donors (Lipinski definition) is 2. The van der Waals surface area contributed by atoms with Crippen molar-refractivity contribution in [3.63, 3.8) is 0 Å². The third kappa shape index (κ3) is 1.30. The van der Waals surface area contributed by atoms with E-state index in [-0.39, 0.29) is 17.7 Å². The van der Waals surface area contributed by atoms with E-state index in [0.29, 0.717) is 0 Å². The summed E-state index contributed by atoms with van der Waals surface area (Å²) in [4.78, 5) is 11.7. The summed E-state index contributed by atoms with van der Waals surface area (Å²) in [6.45, 7) is 3.70. The Balaban J connectivity index is 2.41. The SMILES string of the molecule is Cc1[nH]n(C2CCCC2O)c(=O)c1C. The average molecular weight is 196 g/mol. The molecule has 0 bridgehead atoms. The van der Waals surface area contributed by atoms with Gasteiger partial charge in [-0.2, -0.15) is 0 Å². The monoisotopic (exact) mass is 196 g/mol. The van der Waals surface area contributed by atoms with Crippen LogP contribution in [0.2, 0.25) is 0 Å². The largest absolute Gasteiger partial charge is 0.391 e. The highest BCUT2D eigenvalue weighted by atomic mass is 16.3. The Bertz CT molecular complexity index is 391. The first kappa shape index (κ1) is 9.52. The Morgan fingerprint density at radius 3 is 2.57 bits per heavy atom. The zero-order valence-corrected chi connectivity index (χ0v) is 8.58. The Morgan fingerprint density at radius 2 is 2.14 bits per heavy atom. The van der Waals surface area contributed by atoms with E-state index in [9.17, 15) is 9.90 Å². The van der Waals surface area contributed by atoms with Crippen molar-refractivity contribution in [3.8, 4) is 0 Å². The predicted molar refractivity (Wildman–Crippen MR) is 53.4 cm³/mol. The number of aliphatic hydroxyl groups is 1. The van der Waals surface area contributed by atoms with Crippen LogP contribution in [0.1, 0.15) is 36.6 Å². The standard InChI is InChI=1S/C10H16N2O2/c1-6-7(2)11-12(10(6)14)8-4-3-5-9(8)13/h8-9,11,13H,3-5H2,1-2H3. The third-order valence-corrected chi connectivity index (χ3v) is 3.17. The van der Waals surface area contributed by atoms with E-state index < -0.39 is 0 Å². The van der Waals surface area contributed by atoms with E-state index in [1.807, 2.05) is 13.8 Å². The number of hydrogen-bond acceptors (Lipinski definition) is 2. The number of aromatic nitrogens is 2. The number of H-pyrrole nitrogens is 1. The molecule has 2 unspecified atom stereocenters. The quantitative estimate of drug-likeness (QED) is 0.700. The molecule has 0 saturated heterocycles. The molecule has 1 saturated carbocycles. The van der Waals surface area contributed by atoms with Crippen molar-refractivity contribution >= 4 is 0 Å². The topological polar surface area (TPSA) is 58.0 Å². The first-order valence-corrected chi connectivity index (χ1v) is 5.07. The van der Waals surface area contributed by atoms with Crippen molar-refractivity contribution in [3.05, 3.63) is 21.6 Å². The van der Waals surface area contributed by atoms with Crippen molar-refractivity contribution in [1.29, 1.82) is 0 Å². The molecule has 2 rings (SSSR count). The molecule has 1 aromatic rings. The van der Waals surface area contributed by atoms with Crippen molar-refractivity contribution in [2.75, 3.05) is 0 Å². The number of nitrogens with zero attached hydrogens (tertiary/aromatic N) is 1. The second-order valence-corrected chi connectivity index (χ2v) is 4.10. The minimum Gasteiger partial charge on any atom is -0.391 e. The number of aryl methyl sites for hydroxylation is 1. The number of nitrogens with one attached hydrogen (secondary N) is 1. The van der Waals surface area contributed by atoms with Gasteiger partial charge in [0, 0.05) is 11.3 Å². The van der Waals surface area contributed by atoms with Crippen LogP contribution in [-0.2, 0) is 0 Å². The first-order valence-electron chi connectivity index (χ1n) is 5.07. The lowest BCUT2D eigenvalue weighted by Gasteiger charge is -2.14. The van der Waals surface area contributed by atoms with Crippen LogP contribution >= 0.6 is 0 Å². The summed E-state index contributed by atoms with van der Waals surface area (Å²) in [6.07, 6.45) is 2.31. The van der Waals surface area contributed by atoms with Crippen LogP contribution < -0.4 is 5.56 Å². The minimum absolute atomic E-state index is 0.00782. The molecule has 0 aliphatic heterocycles. The lowest BCUT2D eigenvalue weighted by molar-refractivity contribution is 0.128. The fourth-order valence-electron chi connectivity index (χ4n) is 2.11. The van der Waals surface area contributed by atoms with Crippen LogP contribution in [0.15, 0.2) is 4.79 Å². The number of aromatic amines is 1. The van der Waals surface area contributed by atoms with Crippen molar-refractivity contribution in [2.45, 2.75) is 45.3 Å². The number of aliphatic hydroxyl groups excluding tert-OH is 1. The van der Waals surface area contributed by atoms with Gasteiger partial charge in [-0.3, -0.25) is 9.89 Å². The van der Waals surface area contributed by atoms with Crippen LogP contribution in [0.5, 0.6) is 0 Å². The Hall–Kier alpha value is -1.03. The molecule has 1 aliphatic rings. The van der Waals surface area contributed by atoms with E-state index in [0.717, 1.165) is 30.5 Å². The van der Waals surface area contributed by atoms with E-state index in [1.165, 1.54) is 0 Å². The lowest BCUT2D eigenvalue weighted by Crippen LogP contribution is -2.28. The zero-order chi connectivity index (χ0) is 10.3. The number of rotatable bonds is 1. The lowest BCUT2D eigenvalue weighted by atomic mass is 10.2. The molecule has 14 heavy (non-hydrogen) atoms. The molecule has 4 nitrogen and oxygen atoms in total. The highest BCUT2D eigenvalue weighted by Gasteiger charge is 2.28. The van der Waals surface area contributed by atoms with Crippen molar-refractivity contribution in [2.24, 2.45) is 0 Å². The van der Waals surface area contributed by atoms with Gasteiger partial charge in [0.05, 0.1) is 12.1 Å². The predicted octanol–water partition coefficient (Wildman–Crippen LogP) is 0.879. The molecule has 0 amide bonds. The maximum absolute atomic E-state index is 11.7. The molecule has 2 atom stereocenters. The first-order chi connectivity index (χ1) is 6.61. The molecular formula is C10H16N2O2. The zero-order valence-electron chi connectivity index (χ0n) is 8.58. The smallest absolute Gasteiger partial charge is 0.269 e. The van der Waals surface area contributed by atoms with Crippen molar-refractivity contribution in [1.82, 2.24) is 9.78 Å². The molecule has 1 fully saturated rings.